The molecule has 18 heavy (non-hydrogen) atoms. The summed E-state index contributed by atoms with van der Waals surface area (Å²) < 4.78 is 0. The Hall–Kier alpha value is -2.03. The van der Waals surface area contributed by atoms with Gasteiger partial charge in [0, 0.05) is 5.69 Å². The van der Waals surface area contributed by atoms with E-state index in [1.54, 1.807) is 0 Å². The Morgan fingerprint density at radius 3 is 2.56 bits per heavy atom. The molecule has 3 heteroatoms. The molecule has 1 aromatic carbocycles. The minimum Gasteiger partial charge on any atom is -0.397 e. The van der Waals surface area contributed by atoms with Crippen LogP contribution in [0.15, 0.2) is 30.3 Å². The van der Waals surface area contributed by atoms with E-state index in [9.17, 15) is 0 Å². The Morgan fingerprint density at radius 2 is 1.83 bits per heavy atom. The van der Waals surface area contributed by atoms with E-state index in [1.165, 1.54) is 11.1 Å². The first-order valence-electron chi connectivity index (χ1n) is 6.09. The van der Waals surface area contributed by atoms with Crippen LogP contribution in [0, 0.1) is 20.8 Å². The zero-order chi connectivity index (χ0) is 13.1. The minimum absolute atomic E-state index is 0.689. The second-order valence-electron chi connectivity index (χ2n) is 4.65. The lowest BCUT2D eigenvalue weighted by molar-refractivity contribution is 1.01. The van der Waals surface area contributed by atoms with Gasteiger partial charge in [0.15, 0.2) is 0 Å². The van der Waals surface area contributed by atoms with Gasteiger partial charge in [-0.3, -0.25) is 4.98 Å². The number of hydrogen-bond donors (Lipinski definition) is 2. The fourth-order valence-electron chi connectivity index (χ4n) is 1.88. The first-order chi connectivity index (χ1) is 8.56. The summed E-state index contributed by atoms with van der Waals surface area (Å²) in [6, 6.07) is 10.1. The number of nitrogens with one attached hydrogen (secondary N) is 1. The van der Waals surface area contributed by atoms with Gasteiger partial charge in [0.05, 0.1) is 23.6 Å². The predicted octanol–water partition coefficient (Wildman–Crippen LogP) is 3.20. The van der Waals surface area contributed by atoms with Crippen LogP contribution in [0.5, 0.6) is 0 Å². The van der Waals surface area contributed by atoms with Gasteiger partial charge < -0.3 is 11.1 Å². The van der Waals surface area contributed by atoms with Crippen molar-refractivity contribution < 1.29 is 0 Å². The highest BCUT2D eigenvalue weighted by molar-refractivity contribution is 5.68. The number of benzene rings is 1. The van der Waals surface area contributed by atoms with Crippen molar-refractivity contribution in [1.82, 2.24) is 4.98 Å². The number of anilines is 2. The molecule has 94 valence electrons. The zero-order valence-corrected chi connectivity index (χ0v) is 11.1. The molecule has 0 aliphatic carbocycles. The minimum atomic E-state index is 0.689. The molecular formula is C15H19N3. The van der Waals surface area contributed by atoms with Crippen molar-refractivity contribution >= 4 is 11.4 Å². The number of nitrogens with two attached hydrogens (primary N) is 1. The number of nitrogens with zero attached hydrogens (tertiary/aromatic N) is 1. The third-order valence-electron chi connectivity index (χ3n) is 3.07. The summed E-state index contributed by atoms with van der Waals surface area (Å²) in [5.41, 5.74) is 12.3. The number of hydrogen-bond acceptors (Lipinski definition) is 3. The predicted molar refractivity (Wildman–Crippen MR) is 76.6 cm³/mol. The summed E-state index contributed by atoms with van der Waals surface area (Å²) in [4.78, 5) is 4.45. The van der Waals surface area contributed by atoms with Crippen LogP contribution < -0.4 is 11.1 Å². The van der Waals surface area contributed by atoms with Crippen LogP contribution in [-0.2, 0) is 6.54 Å². The first-order valence-corrected chi connectivity index (χ1v) is 6.09. The molecule has 0 radical (unpaired) electrons. The van der Waals surface area contributed by atoms with Crippen molar-refractivity contribution in [1.29, 1.82) is 0 Å². The highest BCUT2D eigenvalue weighted by atomic mass is 14.9. The van der Waals surface area contributed by atoms with Crippen LogP contribution >= 0.6 is 0 Å². The van der Waals surface area contributed by atoms with Gasteiger partial charge in [0.1, 0.15) is 0 Å². The standard InChI is InChI=1S/C15H19N3/c1-10-7-14(16)15(8-11(10)2)17-9-13-6-4-5-12(3)18-13/h4-8,17H,9,16H2,1-3H3. The summed E-state index contributed by atoms with van der Waals surface area (Å²) in [6.07, 6.45) is 0. The van der Waals surface area contributed by atoms with Crippen molar-refractivity contribution in [3.63, 3.8) is 0 Å². The van der Waals surface area contributed by atoms with Crippen molar-refractivity contribution in [2.75, 3.05) is 11.1 Å². The lowest BCUT2D eigenvalue weighted by Gasteiger charge is -2.12. The monoisotopic (exact) mass is 241 g/mol. The quantitative estimate of drug-likeness (QED) is 0.811. The molecule has 3 nitrogen and oxygen atoms in total. The topological polar surface area (TPSA) is 50.9 Å². The molecule has 0 bridgehead atoms. The largest absolute Gasteiger partial charge is 0.397 e. The fraction of sp³-hybridized carbons (Fsp3) is 0.267. The summed E-state index contributed by atoms with van der Waals surface area (Å²) in [6.45, 7) is 6.84. The van der Waals surface area contributed by atoms with Crippen LogP contribution in [0.1, 0.15) is 22.5 Å². The Kier molecular flexibility index (Phi) is 3.51. The van der Waals surface area contributed by atoms with Gasteiger partial charge in [-0.2, -0.15) is 0 Å². The van der Waals surface area contributed by atoms with E-state index in [0.717, 1.165) is 22.8 Å². The van der Waals surface area contributed by atoms with Gasteiger partial charge in [-0.1, -0.05) is 6.07 Å². The molecule has 0 atom stereocenters. The zero-order valence-electron chi connectivity index (χ0n) is 11.1. The average molecular weight is 241 g/mol. The molecule has 0 saturated carbocycles. The molecule has 2 aromatic rings. The second kappa shape index (κ2) is 5.08. The van der Waals surface area contributed by atoms with E-state index >= 15 is 0 Å². The normalized spacial score (nSPS) is 10.4. The summed E-state index contributed by atoms with van der Waals surface area (Å²) in [5.74, 6) is 0. The summed E-state index contributed by atoms with van der Waals surface area (Å²) in [7, 11) is 0. The van der Waals surface area contributed by atoms with E-state index in [2.05, 4.69) is 30.2 Å². The number of rotatable bonds is 3. The highest BCUT2D eigenvalue weighted by Crippen LogP contribution is 2.23. The SMILES string of the molecule is Cc1cccc(CNc2cc(C)c(C)cc2N)n1. The van der Waals surface area contributed by atoms with Crippen molar-refractivity contribution in [3.05, 3.63) is 52.8 Å². The van der Waals surface area contributed by atoms with Crippen molar-refractivity contribution in [2.45, 2.75) is 27.3 Å². The van der Waals surface area contributed by atoms with Crippen molar-refractivity contribution in [2.24, 2.45) is 0 Å². The Balaban J connectivity index is 2.13. The summed E-state index contributed by atoms with van der Waals surface area (Å²) in [5, 5.41) is 3.34. The maximum absolute atomic E-state index is 6.00. The maximum Gasteiger partial charge on any atom is 0.0597 e. The Morgan fingerprint density at radius 1 is 1.11 bits per heavy atom. The first kappa shape index (κ1) is 12.4. The molecule has 1 heterocycles. The Bertz CT molecular complexity index is 562. The number of aryl methyl sites for hydroxylation is 3. The van der Waals surface area contributed by atoms with E-state index in [4.69, 9.17) is 5.73 Å². The maximum atomic E-state index is 6.00. The molecule has 0 aliphatic rings. The second-order valence-corrected chi connectivity index (χ2v) is 4.65. The van der Waals surface area contributed by atoms with Gasteiger partial charge in [0.25, 0.3) is 0 Å². The highest BCUT2D eigenvalue weighted by Gasteiger charge is 2.02. The van der Waals surface area contributed by atoms with E-state index in [0.29, 0.717) is 6.54 Å². The third-order valence-corrected chi connectivity index (χ3v) is 3.07. The summed E-state index contributed by atoms with van der Waals surface area (Å²) >= 11 is 0. The van der Waals surface area contributed by atoms with Crippen molar-refractivity contribution in [3.8, 4) is 0 Å². The fourth-order valence-corrected chi connectivity index (χ4v) is 1.88. The molecule has 0 spiro atoms. The molecule has 3 N–H and O–H groups in total. The van der Waals surface area contributed by atoms with Crippen LogP contribution in [0.2, 0.25) is 0 Å². The Labute approximate surface area is 108 Å². The van der Waals surface area contributed by atoms with E-state index in [-0.39, 0.29) is 0 Å². The number of nitrogen functional groups attached to an aromatic ring is 1. The van der Waals surface area contributed by atoms with Crippen LogP contribution in [0.25, 0.3) is 0 Å². The van der Waals surface area contributed by atoms with Gasteiger partial charge in [0.2, 0.25) is 0 Å². The van der Waals surface area contributed by atoms with Gasteiger partial charge in [-0.15, -0.1) is 0 Å². The van der Waals surface area contributed by atoms with Crippen LogP contribution in [0.4, 0.5) is 11.4 Å². The molecule has 2 rings (SSSR count). The lowest BCUT2D eigenvalue weighted by Crippen LogP contribution is -2.05. The lowest BCUT2D eigenvalue weighted by atomic mass is 10.1. The molecule has 1 aromatic heterocycles. The average Bonchev–Trinajstić information content (AvgIpc) is 2.32. The molecule has 0 fully saturated rings. The van der Waals surface area contributed by atoms with Gasteiger partial charge in [-0.05, 0) is 56.2 Å². The van der Waals surface area contributed by atoms with Crippen LogP contribution in [0.3, 0.4) is 0 Å². The number of pyridine rings is 1. The molecule has 0 aliphatic heterocycles. The number of aromatic nitrogens is 1. The molecule has 0 amide bonds. The van der Waals surface area contributed by atoms with Gasteiger partial charge in [-0.25, -0.2) is 0 Å². The molecule has 0 unspecified atom stereocenters. The molecular weight excluding hydrogens is 222 g/mol. The van der Waals surface area contributed by atoms with E-state index in [1.807, 2.05) is 31.2 Å². The smallest absolute Gasteiger partial charge is 0.0597 e. The third kappa shape index (κ3) is 2.80. The van der Waals surface area contributed by atoms with Crippen LogP contribution in [-0.4, -0.2) is 4.98 Å². The van der Waals surface area contributed by atoms with E-state index < -0.39 is 0 Å². The van der Waals surface area contributed by atoms with Gasteiger partial charge >= 0.3 is 0 Å². The molecule has 0 saturated heterocycles.